The van der Waals surface area contributed by atoms with Gasteiger partial charge >= 0.3 is 11.9 Å². The first-order valence-electron chi connectivity index (χ1n) is 6.36. The van der Waals surface area contributed by atoms with Crippen molar-refractivity contribution >= 4 is 11.9 Å². The van der Waals surface area contributed by atoms with E-state index in [2.05, 4.69) is 5.32 Å². The molecule has 1 unspecified atom stereocenters. The lowest BCUT2D eigenvalue weighted by molar-refractivity contribution is -0.140. The summed E-state index contributed by atoms with van der Waals surface area (Å²) in [6, 6.07) is 4.34. The van der Waals surface area contributed by atoms with Crippen molar-refractivity contribution in [3.05, 3.63) is 23.8 Å². The fourth-order valence-corrected chi connectivity index (χ4v) is 1.81. The topological polar surface area (TPSA) is 105 Å². The van der Waals surface area contributed by atoms with Gasteiger partial charge < -0.3 is 25.0 Å². The van der Waals surface area contributed by atoms with E-state index in [1.165, 1.54) is 14.2 Å². The summed E-state index contributed by atoms with van der Waals surface area (Å²) in [7, 11) is 3.05. The quantitative estimate of drug-likeness (QED) is 0.627. The van der Waals surface area contributed by atoms with E-state index in [9.17, 15) is 9.59 Å². The van der Waals surface area contributed by atoms with Crippen LogP contribution in [0.2, 0.25) is 0 Å². The lowest BCUT2D eigenvalue weighted by Gasteiger charge is -2.14. The van der Waals surface area contributed by atoms with E-state index >= 15 is 0 Å². The van der Waals surface area contributed by atoms with Gasteiger partial charge in [0.25, 0.3) is 0 Å². The van der Waals surface area contributed by atoms with Gasteiger partial charge in [-0.1, -0.05) is 6.07 Å². The second-order valence-electron chi connectivity index (χ2n) is 4.39. The van der Waals surface area contributed by atoms with Crippen LogP contribution in [0.1, 0.15) is 18.4 Å². The molecule has 0 aliphatic rings. The molecule has 0 fully saturated rings. The molecule has 1 aromatic carbocycles. The standard InChI is InChI=1S/C14H19NO6/c1-20-11-5-3-9(7-12(11)21-2)8-15-10(14(18)19)4-6-13(16)17/h3,5,7,10,15H,4,6,8H2,1-2H3,(H,16,17)(H,18,19). The highest BCUT2D eigenvalue weighted by Gasteiger charge is 2.18. The monoisotopic (exact) mass is 297 g/mol. The number of hydrogen-bond donors (Lipinski definition) is 3. The molecular formula is C14H19NO6. The fraction of sp³-hybridized carbons (Fsp3) is 0.429. The Hall–Kier alpha value is -2.28. The molecule has 7 heteroatoms. The summed E-state index contributed by atoms with van der Waals surface area (Å²) in [5.74, 6) is -0.956. The highest BCUT2D eigenvalue weighted by Crippen LogP contribution is 2.27. The third-order valence-electron chi connectivity index (χ3n) is 2.95. The van der Waals surface area contributed by atoms with Crippen molar-refractivity contribution in [1.29, 1.82) is 0 Å². The smallest absolute Gasteiger partial charge is 0.320 e. The Morgan fingerprint density at radius 2 is 1.86 bits per heavy atom. The van der Waals surface area contributed by atoms with Crippen LogP contribution < -0.4 is 14.8 Å². The Kier molecular flexibility index (Phi) is 6.48. The van der Waals surface area contributed by atoms with Gasteiger partial charge in [-0.3, -0.25) is 9.59 Å². The van der Waals surface area contributed by atoms with Gasteiger partial charge in [0, 0.05) is 13.0 Å². The first-order valence-corrected chi connectivity index (χ1v) is 6.36. The van der Waals surface area contributed by atoms with Crippen LogP contribution in [0, 0.1) is 0 Å². The van der Waals surface area contributed by atoms with Crippen molar-refractivity contribution in [2.75, 3.05) is 14.2 Å². The summed E-state index contributed by atoms with van der Waals surface area (Å²) in [5.41, 5.74) is 0.814. The zero-order chi connectivity index (χ0) is 15.8. The molecule has 1 atom stereocenters. The number of carboxylic acids is 2. The molecular weight excluding hydrogens is 278 g/mol. The van der Waals surface area contributed by atoms with E-state index < -0.39 is 18.0 Å². The maximum Gasteiger partial charge on any atom is 0.320 e. The number of carbonyl (C=O) groups is 2. The molecule has 0 saturated carbocycles. The minimum Gasteiger partial charge on any atom is -0.493 e. The predicted octanol–water partition coefficient (Wildman–Crippen LogP) is 1.11. The summed E-state index contributed by atoms with van der Waals surface area (Å²) < 4.78 is 10.3. The second kappa shape index (κ2) is 8.11. The number of rotatable bonds is 9. The van der Waals surface area contributed by atoms with Gasteiger partial charge in [0.05, 0.1) is 14.2 Å². The Morgan fingerprint density at radius 3 is 2.38 bits per heavy atom. The fourth-order valence-electron chi connectivity index (χ4n) is 1.81. The maximum absolute atomic E-state index is 11.1. The first kappa shape index (κ1) is 16.8. The van der Waals surface area contributed by atoms with Crippen LogP contribution in [0.4, 0.5) is 0 Å². The molecule has 3 N–H and O–H groups in total. The van der Waals surface area contributed by atoms with Crippen molar-refractivity contribution in [2.24, 2.45) is 0 Å². The van der Waals surface area contributed by atoms with Gasteiger partial charge in [-0.15, -0.1) is 0 Å². The largest absolute Gasteiger partial charge is 0.493 e. The van der Waals surface area contributed by atoms with Crippen molar-refractivity contribution < 1.29 is 29.3 Å². The average Bonchev–Trinajstić information content (AvgIpc) is 2.46. The van der Waals surface area contributed by atoms with Gasteiger partial charge in [-0.25, -0.2) is 0 Å². The minimum absolute atomic E-state index is 0.0258. The van der Waals surface area contributed by atoms with Crippen LogP contribution in [0.25, 0.3) is 0 Å². The number of nitrogens with one attached hydrogen (secondary N) is 1. The van der Waals surface area contributed by atoms with Crippen LogP contribution in [0.3, 0.4) is 0 Å². The molecule has 0 spiro atoms. The highest BCUT2D eigenvalue weighted by atomic mass is 16.5. The first-order chi connectivity index (χ1) is 9.97. The van der Waals surface area contributed by atoms with Crippen LogP contribution in [-0.4, -0.2) is 42.4 Å². The number of aliphatic carboxylic acids is 2. The molecule has 0 amide bonds. The van der Waals surface area contributed by atoms with Gasteiger partial charge in [-0.2, -0.15) is 0 Å². The Morgan fingerprint density at radius 1 is 1.19 bits per heavy atom. The van der Waals surface area contributed by atoms with Crippen LogP contribution in [0.5, 0.6) is 11.5 Å². The molecule has 0 aliphatic heterocycles. The summed E-state index contributed by atoms with van der Waals surface area (Å²) in [4.78, 5) is 21.6. The van der Waals surface area contributed by atoms with Crippen LogP contribution in [-0.2, 0) is 16.1 Å². The minimum atomic E-state index is -1.07. The van der Waals surface area contributed by atoms with Gasteiger partial charge in [0.15, 0.2) is 11.5 Å². The summed E-state index contributed by atoms with van der Waals surface area (Å²) in [5, 5.41) is 20.5. The molecule has 0 radical (unpaired) electrons. The van der Waals surface area contributed by atoms with E-state index in [1.807, 2.05) is 0 Å². The molecule has 0 aliphatic carbocycles. The summed E-state index contributed by atoms with van der Waals surface area (Å²) in [6.45, 7) is 0.289. The Bertz CT molecular complexity index is 502. The Balaban J connectivity index is 2.67. The van der Waals surface area contributed by atoms with E-state index in [0.717, 1.165) is 5.56 Å². The second-order valence-corrected chi connectivity index (χ2v) is 4.39. The van der Waals surface area contributed by atoms with Crippen molar-refractivity contribution in [1.82, 2.24) is 5.32 Å². The van der Waals surface area contributed by atoms with Crippen LogP contribution in [0.15, 0.2) is 18.2 Å². The Labute approximate surface area is 122 Å². The van der Waals surface area contributed by atoms with E-state index in [4.69, 9.17) is 19.7 Å². The molecule has 1 rings (SSSR count). The molecule has 21 heavy (non-hydrogen) atoms. The maximum atomic E-state index is 11.1. The normalized spacial score (nSPS) is 11.7. The molecule has 7 nitrogen and oxygen atoms in total. The molecule has 0 aromatic heterocycles. The molecule has 116 valence electrons. The number of ether oxygens (including phenoxy) is 2. The lowest BCUT2D eigenvalue weighted by Crippen LogP contribution is -2.36. The number of hydrogen-bond acceptors (Lipinski definition) is 5. The third kappa shape index (κ3) is 5.31. The van der Waals surface area contributed by atoms with Crippen LogP contribution >= 0.6 is 0 Å². The molecule has 0 heterocycles. The number of carboxylic acid groups (broad SMARTS) is 2. The van der Waals surface area contributed by atoms with Crippen molar-refractivity contribution in [3.8, 4) is 11.5 Å². The van der Waals surface area contributed by atoms with Crippen molar-refractivity contribution in [3.63, 3.8) is 0 Å². The molecule has 0 saturated heterocycles. The molecule has 0 bridgehead atoms. The van der Waals surface area contributed by atoms with E-state index in [-0.39, 0.29) is 19.4 Å². The van der Waals surface area contributed by atoms with Gasteiger partial charge in [0.2, 0.25) is 0 Å². The zero-order valence-electron chi connectivity index (χ0n) is 12.0. The highest BCUT2D eigenvalue weighted by molar-refractivity contribution is 5.75. The third-order valence-corrected chi connectivity index (χ3v) is 2.95. The van der Waals surface area contributed by atoms with Crippen molar-refractivity contribution in [2.45, 2.75) is 25.4 Å². The predicted molar refractivity (Wildman–Crippen MR) is 74.7 cm³/mol. The van der Waals surface area contributed by atoms with E-state index in [1.54, 1.807) is 18.2 Å². The summed E-state index contributed by atoms with van der Waals surface area (Å²) >= 11 is 0. The SMILES string of the molecule is COc1ccc(CNC(CCC(=O)O)C(=O)O)cc1OC. The zero-order valence-corrected chi connectivity index (χ0v) is 12.0. The van der Waals surface area contributed by atoms with Gasteiger partial charge in [0.1, 0.15) is 6.04 Å². The molecule has 1 aromatic rings. The lowest BCUT2D eigenvalue weighted by atomic mass is 10.1. The van der Waals surface area contributed by atoms with Gasteiger partial charge in [-0.05, 0) is 24.1 Å². The van der Waals surface area contributed by atoms with E-state index in [0.29, 0.717) is 11.5 Å². The average molecular weight is 297 g/mol. The summed E-state index contributed by atoms with van der Waals surface area (Å²) in [6.07, 6.45) is -0.173. The number of methoxy groups -OCH3 is 2. The number of benzene rings is 1.